The van der Waals surface area contributed by atoms with Gasteiger partial charge in [0.15, 0.2) is 0 Å². The van der Waals surface area contributed by atoms with Gasteiger partial charge >= 0.3 is 11.9 Å². The van der Waals surface area contributed by atoms with Crippen LogP contribution in [-0.2, 0) is 14.5 Å². The number of carbonyl (C=O) groups is 2. The van der Waals surface area contributed by atoms with Crippen LogP contribution in [0.15, 0.2) is 0 Å². The van der Waals surface area contributed by atoms with Gasteiger partial charge in [0.05, 0.1) is 13.1 Å². The Balaban J connectivity index is 3.20. The second-order valence-electron chi connectivity index (χ2n) is 1.46. The third-order valence-corrected chi connectivity index (χ3v) is 0.647. The molecule has 6 nitrogen and oxygen atoms in total. The molecule has 0 aliphatic heterocycles. The maximum Gasteiger partial charge on any atom is 0.355 e. The van der Waals surface area contributed by atoms with Gasteiger partial charge in [0.2, 0.25) is 0 Å². The molecule has 0 heterocycles. The molecule has 0 saturated heterocycles. The van der Waals surface area contributed by atoms with E-state index in [0.29, 0.717) is 0 Å². The summed E-state index contributed by atoms with van der Waals surface area (Å²) in [6, 6.07) is 0. The van der Waals surface area contributed by atoms with Gasteiger partial charge in [0.25, 0.3) is 0 Å². The van der Waals surface area contributed by atoms with E-state index < -0.39 is 11.9 Å². The van der Waals surface area contributed by atoms with Crippen molar-refractivity contribution in [1.82, 2.24) is 5.32 Å². The van der Waals surface area contributed by atoms with E-state index in [0.717, 1.165) is 0 Å². The highest BCUT2D eigenvalue weighted by atomic mass is 17.1. The number of aliphatic carboxylic acids is 1. The molecule has 0 unspecified atom stereocenters. The number of hydrogen-bond donors (Lipinski definition) is 3. The lowest BCUT2D eigenvalue weighted by molar-refractivity contribution is -0.233. The Labute approximate surface area is 56.3 Å². The van der Waals surface area contributed by atoms with E-state index in [1.807, 2.05) is 0 Å². The molecule has 0 fully saturated rings. The predicted molar refractivity (Wildman–Crippen MR) is 29.2 cm³/mol. The minimum Gasteiger partial charge on any atom is -0.480 e. The van der Waals surface area contributed by atoms with Gasteiger partial charge in [-0.3, -0.25) is 15.0 Å². The first-order valence-electron chi connectivity index (χ1n) is 2.43. The lowest BCUT2D eigenvalue weighted by atomic mass is 10.6. The Bertz CT molecular complexity index is 134. The van der Waals surface area contributed by atoms with Gasteiger partial charge in [-0.2, -0.15) is 5.26 Å². The second kappa shape index (κ2) is 4.71. The fraction of sp³-hybridized carbons (Fsp3) is 0.500. The van der Waals surface area contributed by atoms with Crippen molar-refractivity contribution in [2.24, 2.45) is 0 Å². The molecule has 0 atom stereocenters. The van der Waals surface area contributed by atoms with Crippen LogP contribution in [-0.4, -0.2) is 35.4 Å². The summed E-state index contributed by atoms with van der Waals surface area (Å²) in [5, 5.41) is 17.9. The van der Waals surface area contributed by atoms with Gasteiger partial charge in [0, 0.05) is 0 Å². The zero-order valence-corrected chi connectivity index (χ0v) is 5.03. The van der Waals surface area contributed by atoms with E-state index >= 15 is 0 Å². The van der Waals surface area contributed by atoms with Crippen LogP contribution in [0.5, 0.6) is 0 Å². The average Bonchev–Trinajstić information content (AvgIpc) is 1.87. The van der Waals surface area contributed by atoms with Gasteiger partial charge < -0.3 is 5.11 Å². The largest absolute Gasteiger partial charge is 0.480 e. The van der Waals surface area contributed by atoms with E-state index in [4.69, 9.17) is 10.4 Å². The number of carbonyl (C=O) groups excluding carboxylic acids is 1. The highest BCUT2D eigenvalue weighted by molar-refractivity contribution is 5.73. The minimum absolute atomic E-state index is 0.317. The smallest absolute Gasteiger partial charge is 0.355 e. The Morgan fingerprint density at radius 2 is 2.00 bits per heavy atom. The molecule has 0 rings (SSSR count). The van der Waals surface area contributed by atoms with Gasteiger partial charge in [-0.05, 0) is 0 Å². The molecular formula is C4H7NO5. The summed E-state index contributed by atoms with van der Waals surface area (Å²) in [4.78, 5) is 23.1. The zero-order valence-electron chi connectivity index (χ0n) is 5.03. The van der Waals surface area contributed by atoms with Crippen LogP contribution in [0.2, 0.25) is 0 Å². The van der Waals surface area contributed by atoms with Crippen LogP contribution in [0, 0.1) is 0 Å². The molecule has 0 amide bonds. The van der Waals surface area contributed by atoms with E-state index in [-0.39, 0.29) is 13.1 Å². The van der Waals surface area contributed by atoms with E-state index in [1.54, 1.807) is 0 Å². The summed E-state index contributed by atoms with van der Waals surface area (Å²) in [6.45, 7) is -0.655. The van der Waals surface area contributed by atoms with E-state index in [2.05, 4.69) is 10.2 Å². The number of hydrogen-bond acceptors (Lipinski definition) is 5. The summed E-state index contributed by atoms with van der Waals surface area (Å²) < 4.78 is 0. The first-order chi connectivity index (χ1) is 4.66. The van der Waals surface area contributed by atoms with Crippen LogP contribution in [0.4, 0.5) is 0 Å². The fourth-order valence-corrected chi connectivity index (χ4v) is 0.304. The number of rotatable bonds is 4. The molecular weight excluding hydrogens is 142 g/mol. The first-order valence-corrected chi connectivity index (χ1v) is 2.43. The monoisotopic (exact) mass is 149 g/mol. The van der Waals surface area contributed by atoms with Crippen LogP contribution >= 0.6 is 0 Å². The summed E-state index contributed by atoms with van der Waals surface area (Å²) in [6.07, 6.45) is 0. The Morgan fingerprint density at radius 1 is 1.40 bits per heavy atom. The predicted octanol–water partition coefficient (Wildman–Crippen LogP) is -1.32. The number of nitrogens with one attached hydrogen (secondary N) is 1. The molecule has 3 N–H and O–H groups in total. The van der Waals surface area contributed by atoms with E-state index in [1.165, 1.54) is 0 Å². The van der Waals surface area contributed by atoms with Crippen molar-refractivity contribution in [3.63, 3.8) is 0 Å². The van der Waals surface area contributed by atoms with Crippen LogP contribution in [0.1, 0.15) is 0 Å². The van der Waals surface area contributed by atoms with Crippen molar-refractivity contribution in [2.45, 2.75) is 0 Å². The maximum absolute atomic E-state index is 10.1. The lowest BCUT2D eigenvalue weighted by Gasteiger charge is -1.95. The molecule has 0 aliphatic carbocycles. The molecule has 0 spiro atoms. The lowest BCUT2D eigenvalue weighted by Crippen LogP contribution is -2.28. The molecule has 10 heavy (non-hydrogen) atoms. The van der Waals surface area contributed by atoms with E-state index in [9.17, 15) is 9.59 Å². The van der Waals surface area contributed by atoms with Crippen LogP contribution in [0.25, 0.3) is 0 Å². The van der Waals surface area contributed by atoms with Gasteiger partial charge in [0.1, 0.15) is 0 Å². The van der Waals surface area contributed by atoms with Crippen molar-refractivity contribution >= 4 is 11.9 Å². The molecule has 0 aromatic carbocycles. The summed E-state index contributed by atoms with van der Waals surface area (Å²) in [7, 11) is 0. The molecule has 0 aromatic rings. The molecule has 0 bridgehead atoms. The van der Waals surface area contributed by atoms with Gasteiger partial charge in [-0.1, -0.05) is 0 Å². The number of carboxylic acids is 1. The highest BCUT2D eigenvalue weighted by Gasteiger charge is 2.01. The molecule has 0 saturated carbocycles. The Morgan fingerprint density at radius 3 is 2.40 bits per heavy atom. The van der Waals surface area contributed by atoms with Crippen LogP contribution in [0.3, 0.4) is 0 Å². The van der Waals surface area contributed by atoms with Crippen molar-refractivity contribution in [2.75, 3.05) is 13.1 Å². The SMILES string of the molecule is O=C(O)CNCC(=O)OO. The molecule has 6 heteroatoms. The Kier molecular flexibility index (Phi) is 4.17. The van der Waals surface area contributed by atoms with Gasteiger partial charge in [-0.25, -0.2) is 4.79 Å². The summed E-state index contributed by atoms with van der Waals surface area (Å²) >= 11 is 0. The molecule has 0 aliphatic rings. The average molecular weight is 149 g/mol. The third kappa shape index (κ3) is 5.01. The topological polar surface area (TPSA) is 95.9 Å². The standard InChI is InChI=1S/C4H7NO5/c6-3(7)1-5-2-4(8)10-9/h5,9H,1-2H2,(H,6,7). The zero-order chi connectivity index (χ0) is 7.98. The molecule has 0 radical (unpaired) electrons. The van der Waals surface area contributed by atoms with Crippen LogP contribution < -0.4 is 5.32 Å². The fourth-order valence-electron chi connectivity index (χ4n) is 0.304. The summed E-state index contributed by atoms with van der Waals surface area (Å²) in [5.74, 6) is -1.99. The normalized spacial score (nSPS) is 8.90. The second-order valence-corrected chi connectivity index (χ2v) is 1.46. The van der Waals surface area contributed by atoms with Crippen molar-refractivity contribution in [3.8, 4) is 0 Å². The third-order valence-electron chi connectivity index (χ3n) is 0.647. The van der Waals surface area contributed by atoms with Crippen molar-refractivity contribution < 1.29 is 24.8 Å². The Hall–Kier alpha value is -1.14. The number of carboxylic acid groups (broad SMARTS) is 1. The van der Waals surface area contributed by atoms with Crippen molar-refractivity contribution in [1.29, 1.82) is 0 Å². The highest BCUT2D eigenvalue weighted by Crippen LogP contribution is 1.68. The molecule has 58 valence electrons. The molecule has 0 aromatic heterocycles. The summed E-state index contributed by atoms with van der Waals surface area (Å²) in [5.41, 5.74) is 0. The first kappa shape index (κ1) is 8.86. The quantitative estimate of drug-likeness (QED) is 0.339. The minimum atomic E-state index is -1.08. The van der Waals surface area contributed by atoms with Crippen molar-refractivity contribution in [3.05, 3.63) is 0 Å². The maximum atomic E-state index is 10.1. The van der Waals surface area contributed by atoms with Gasteiger partial charge in [-0.15, -0.1) is 0 Å².